The van der Waals surface area contributed by atoms with E-state index in [-0.39, 0.29) is 6.42 Å². The second-order valence-electron chi connectivity index (χ2n) is 6.50. The Morgan fingerprint density at radius 2 is 1.87 bits per heavy atom. The summed E-state index contributed by atoms with van der Waals surface area (Å²) in [4.78, 5) is 20.8. The molecule has 7 nitrogen and oxygen atoms in total. The maximum Gasteiger partial charge on any atom is 0.501 e. The quantitative estimate of drug-likeness (QED) is 0.537. The van der Waals surface area contributed by atoms with Gasteiger partial charge in [0.1, 0.15) is 11.1 Å². The van der Waals surface area contributed by atoms with Gasteiger partial charge in [-0.05, 0) is 31.5 Å². The third kappa shape index (κ3) is 5.11. The zero-order chi connectivity index (χ0) is 23.0. The number of alkyl halides is 3. The third-order valence-electron chi connectivity index (χ3n) is 4.06. The third-order valence-corrected chi connectivity index (χ3v) is 7.67. The maximum absolute atomic E-state index is 12.6. The van der Waals surface area contributed by atoms with E-state index in [0.29, 0.717) is 27.1 Å². The van der Waals surface area contributed by atoms with Crippen LogP contribution < -0.4 is 5.32 Å². The summed E-state index contributed by atoms with van der Waals surface area (Å²) in [5.41, 5.74) is -3.74. The monoisotopic (exact) mass is 491 g/mol. The molecule has 0 saturated heterocycles. The summed E-state index contributed by atoms with van der Waals surface area (Å²) >= 11 is 2.49. The SMILES string of the molecule is Cc1nc([C@@H](C)O)sc1-c1csc(NC(=O)Cc2ccc(S(=O)(=O)C(F)(F)F)cc2)n1. The number of benzene rings is 1. The van der Waals surface area contributed by atoms with Crippen molar-refractivity contribution < 1.29 is 31.5 Å². The van der Waals surface area contributed by atoms with E-state index in [2.05, 4.69) is 15.3 Å². The molecule has 3 aromatic rings. The van der Waals surface area contributed by atoms with E-state index >= 15 is 0 Å². The molecule has 2 heterocycles. The number of thiazole rings is 2. The Labute approximate surface area is 183 Å². The van der Waals surface area contributed by atoms with Crippen molar-refractivity contribution in [2.45, 2.75) is 36.8 Å². The fourth-order valence-electron chi connectivity index (χ4n) is 2.54. The molecule has 0 aliphatic carbocycles. The first-order chi connectivity index (χ1) is 14.4. The van der Waals surface area contributed by atoms with Gasteiger partial charge in [0.25, 0.3) is 9.84 Å². The van der Waals surface area contributed by atoms with E-state index in [1.54, 1.807) is 19.2 Å². The van der Waals surface area contributed by atoms with Gasteiger partial charge < -0.3 is 10.4 Å². The van der Waals surface area contributed by atoms with Crippen molar-refractivity contribution in [2.75, 3.05) is 5.32 Å². The number of hydrogen-bond acceptors (Lipinski definition) is 8. The molecule has 0 spiro atoms. The van der Waals surface area contributed by atoms with E-state index < -0.39 is 32.3 Å². The normalized spacial score (nSPS) is 13.2. The number of carbonyl (C=O) groups excluding carboxylic acids is 1. The lowest BCUT2D eigenvalue weighted by Crippen LogP contribution is -2.23. The van der Waals surface area contributed by atoms with E-state index in [9.17, 15) is 31.5 Å². The standard InChI is InChI=1S/C18H16F3N3O4S3/c1-9-15(30-16(22-9)10(2)25)13-8-29-17(23-13)24-14(26)7-11-3-5-12(6-4-11)31(27,28)18(19,20)21/h3-6,8,10,25H,7H2,1-2H3,(H,23,24,26)/t10-/m1/s1. The zero-order valence-corrected chi connectivity index (χ0v) is 18.5. The van der Waals surface area contributed by atoms with Crippen LogP contribution in [0.3, 0.4) is 0 Å². The van der Waals surface area contributed by atoms with Crippen LogP contribution in [-0.4, -0.2) is 34.9 Å². The minimum Gasteiger partial charge on any atom is -0.386 e. The van der Waals surface area contributed by atoms with E-state index in [1.807, 2.05) is 0 Å². The molecule has 31 heavy (non-hydrogen) atoms. The van der Waals surface area contributed by atoms with Gasteiger partial charge in [0.2, 0.25) is 5.91 Å². The molecule has 0 bridgehead atoms. The molecule has 3 rings (SSSR count). The lowest BCUT2D eigenvalue weighted by molar-refractivity contribution is -0.115. The molecular formula is C18H16F3N3O4S3. The highest BCUT2D eigenvalue weighted by Gasteiger charge is 2.46. The van der Waals surface area contributed by atoms with Gasteiger partial charge in [-0.1, -0.05) is 12.1 Å². The van der Waals surface area contributed by atoms with Crippen LogP contribution in [-0.2, 0) is 21.1 Å². The Hall–Kier alpha value is -2.35. The second kappa shape index (κ2) is 8.65. The molecule has 0 aliphatic rings. The number of rotatable bonds is 6. The minimum atomic E-state index is -5.43. The second-order valence-corrected chi connectivity index (χ2v) is 10.3. The van der Waals surface area contributed by atoms with Crippen molar-refractivity contribution in [3.8, 4) is 10.6 Å². The van der Waals surface area contributed by atoms with Crippen LogP contribution >= 0.6 is 22.7 Å². The van der Waals surface area contributed by atoms with Gasteiger partial charge in [0.05, 0.1) is 27.6 Å². The lowest BCUT2D eigenvalue weighted by Gasteiger charge is -2.08. The molecule has 2 aromatic heterocycles. The van der Waals surface area contributed by atoms with Gasteiger partial charge in [-0.25, -0.2) is 18.4 Å². The maximum atomic E-state index is 12.6. The first-order valence-electron chi connectivity index (χ1n) is 8.70. The lowest BCUT2D eigenvalue weighted by atomic mass is 10.1. The molecule has 1 aromatic carbocycles. The van der Waals surface area contributed by atoms with Crippen molar-refractivity contribution in [3.63, 3.8) is 0 Å². The highest BCUT2D eigenvalue weighted by atomic mass is 32.2. The molecule has 1 amide bonds. The predicted octanol–water partition coefficient (Wildman–Crippen LogP) is 4.10. The van der Waals surface area contributed by atoms with E-state index in [1.165, 1.54) is 22.7 Å². The molecule has 0 aliphatic heterocycles. The number of aliphatic hydroxyl groups excluding tert-OH is 1. The van der Waals surface area contributed by atoms with Gasteiger partial charge in [-0.2, -0.15) is 13.2 Å². The number of aliphatic hydroxyl groups is 1. The number of carbonyl (C=O) groups is 1. The van der Waals surface area contributed by atoms with Crippen molar-refractivity contribution in [1.29, 1.82) is 0 Å². The van der Waals surface area contributed by atoms with Crippen molar-refractivity contribution in [1.82, 2.24) is 9.97 Å². The summed E-state index contributed by atoms with van der Waals surface area (Å²) in [6.07, 6.45) is -0.875. The van der Waals surface area contributed by atoms with Crippen molar-refractivity contribution in [2.24, 2.45) is 0 Å². The van der Waals surface area contributed by atoms with Crippen LogP contribution in [0.4, 0.5) is 18.3 Å². The molecule has 0 fully saturated rings. The Morgan fingerprint density at radius 1 is 1.23 bits per heavy atom. The number of nitrogens with one attached hydrogen (secondary N) is 1. The van der Waals surface area contributed by atoms with E-state index in [0.717, 1.165) is 29.1 Å². The smallest absolute Gasteiger partial charge is 0.386 e. The van der Waals surface area contributed by atoms with Gasteiger partial charge in [-0.3, -0.25) is 4.79 Å². The number of sulfone groups is 1. The Kier molecular flexibility index (Phi) is 6.51. The average molecular weight is 492 g/mol. The number of halogens is 3. The summed E-state index contributed by atoms with van der Waals surface area (Å²) in [7, 11) is -5.43. The van der Waals surface area contributed by atoms with Gasteiger partial charge in [0, 0.05) is 5.38 Å². The van der Waals surface area contributed by atoms with E-state index in [4.69, 9.17) is 0 Å². The Bertz CT molecular complexity index is 1200. The largest absolute Gasteiger partial charge is 0.501 e. The number of aromatic nitrogens is 2. The number of aryl methyl sites for hydroxylation is 1. The fraction of sp³-hybridized carbons (Fsp3) is 0.278. The zero-order valence-electron chi connectivity index (χ0n) is 16.1. The van der Waals surface area contributed by atoms with Crippen LogP contribution in [0.2, 0.25) is 0 Å². The molecule has 1 atom stereocenters. The average Bonchev–Trinajstić information content (AvgIpc) is 3.27. The van der Waals surface area contributed by atoms with Crippen molar-refractivity contribution >= 4 is 43.5 Å². The first kappa shape index (κ1) is 23.3. The first-order valence-corrected chi connectivity index (χ1v) is 11.9. The van der Waals surface area contributed by atoms with Crippen LogP contribution in [0, 0.1) is 6.92 Å². The molecule has 0 saturated carbocycles. The van der Waals surface area contributed by atoms with Crippen LogP contribution in [0.5, 0.6) is 0 Å². The topological polar surface area (TPSA) is 109 Å². The van der Waals surface area contributed by atoms with Gasteiger partial charge >= 0.3 is 5.51 Å². The molecule has 13 heteroatoms. The number of amides is 1. The summed E-state index contributed by atoms with van der Waals surface area (Å²) in [6, 6.07) is 3.95. The number of hydrogen-bond donors (Lipinski definition) is 2. The summed E-state index contributed by atoms with van der Waals surface area (Å²) in [5.74, 6) is -0.460. The molecule has 0 unspecified atom stereocenters. The van der Waals surface area contributed by atoms with Gasteiger partial charge in [0.15, 0.2) is 5.13 Å². The number of nitrogens with zero attached hydrogens (tertiary/aromatic N) is 2. The van der Waals surface area contributed by atoms with Crippen molar-refractivity contribution in [3.05, 3.63) is 45.9 Å². The summed E-state index contributed by atoms with van der Waals surface area (Å²) in [6.45, 7) is 3.40. The number of anilines is 1. The minimum absolute atomic E-state index is 0.174. The highest BCUT2D eigenvalue weighted by molar-refractivity contribution is 7.92. The fourth-order valence-corrected chi connectivity index (χ4v) is 5.06. The van der Waals surface area contributed by atoms with Crippen LogP contribution in [0.1, 0.15) is 29.3 Å². The van der Waals surface area contributed by atoms with Crippen LogP contribution in [0.25, 0.3) is 10.6 Å². The Balaban J connectivity index is 1.67. The Morgan fingerprint density at radius 3 is 2.42 bits per heavy atom. The predicted molar refractivity (Wildman–Crippen MR) is 111 cm³/mol. The van der Waals surface area contributed by atoms with Gasteiger partial charge in [-0.15, -0.1) is 22.7 Å². The highest BCUT2D eigenvalue weighted by Crippen LogP contribution is 2.34. The molecule has 0 radical (unpaired) electrons. The van der Waals surface area contributed by atoms with Crippen LogP contribution in [0.15, 0.2) is 34.5 Å². The molecule has 166 valence electrons. The molecular weight excluding hydrogens is 475 g/mol. The summed E-state index contributed by atoms with van der Waals surface area (Å²) in [5, 5.41) is 14.9. The summed E-state index contributed by atoms with van der Waals surface area (Å²) < 4.78 is 60.5. The molecule has 2 N–H and O–H groups in total.